The number of nitrogens with zero attached hydrogens (tertiary/aromatic N) is 2. The van der Waals surface area contributed by atoms with Crippen molar-refractivity contribution in [2.75, 3.05) is 0 Å². The van der Waals surface area contributed by atoms with Gasteiger partial charge in [0, 0.05) is 18.3 Å². The summed E-state index contributed by atoms with van der Waals surface area (Å²) in [6.45, 7) is -0.226. The molecule has 0 spiro atoms. The number of carbonyl (C=O) groups is 1. The van der Waals surface area contributed by atoms with Crippen molar-refractivity contribution < 1.29 is 27.4 Å². The number of carbonyl (C=O) groups excluding carboxylic acids is 1. The van der Waals surface area contributed by atoms with Crippen molar-refractivity contribution in [3.63, 3.8) is 0 Å². The van der Waals surface area contributed by atoms with Crippen LogP contribution >= 0.6 is 11.6 Å². The fourth-order valence-corrected chi connectivity index (χ4v) is 2.50. The van der Waals surface area contributed by atoms with Crippen molar-refractivity contribution >= 4 is 29.3 Å². The summed E-state index contributed by atoms with van der Waals surface area (Å²) in [4.78, 5) is 28.1. The van der Waals surface area contributed by atoms with Crippen LogP contribution < -0.4 is 10.3 Å². The molecule has 10 heteroatoms. The molecule has 2 aromatic heterocycles. The molecule has 0 fully saturated rings. The lowest BCUT2D eigenvalue weighted by Crippen LogP contribution is -2.16. The van der Waals surface area contributed by atoms with Crippen LogP contribution in [0.3, 0.4) is 0 Å². The Morgan fingerprint density at radius 2 is 1.90 bits per heavy atom. The monoisotopic (exact) mass is 424 g/mol. The Labute approximate surface area is 166 Å². The molecule has 0 aliphatic carbocycles. The first-order valence-electron chi connectivity index (χ1n) is 8.08. The van der Waals surface area contributed by atoms with Crippen molar-refractivity contribution in [3.05, 3.63) is 81.4 Å². The van der Waals surface area contributed by atoms with Gasteiger partial charge in [0.2, 0.25) is 0 Å². The number of hydrogen-bond donors (Lipinski definition) is 0. The Balaban J connectivity index is 1.60. The van der Waals surface area contributed by atoms with E-state index in [0.717, 1.165) is 18.2 Å². The van der Waals surface area contributed by atoms with Crippen LogP contribution in [0.2, 0.25) is 5.02 Å². The minimum absolute atomic E-state index is 0.226. The second-order valence-electron chi connectivity index (χ2n) is 5.72. The normalized spacial score (nSPS) is 11.7. The Hall–Kier alpha value is -3.33. The number of benzene rings is 1. The summed E-state index contributed by atoms with van der Waals surface area (Å²) in [5, 5.41) is 0.378. The van der Waals surface area contributed by atoms with Gasteiger partial charge in [0.15, 0.2) is 0 Å². The first-order valence-corrected chi connectivity index (χ1v) is 8.46. The molecule has 3 rings (SSSR count). The molecule has 0 radical (unpaired) electrons. The Kier molecular flexibility index (Phi) is 5.88. The third-order valence-corrected chi connectivity index (χ3v) is 3.79. The molecule has 0 N–H and O–H groups in total. The molecule has 0 aliphatic rings. The van der Waals surface area contributed by atoms with Crippen LogP contribution in [0.25, 0.3) is 11.7 Å². The van der Waals surface area contributed by atoms with Gasteiger partial charge in [-0.25, -0.2) is 9.78 Å². The number of pyridine rings is 1. The van der Waals surface area contributed by atoms with Gasteiger partial charge in [-0.2, -0.15) is 0 Å². The molecule has 29 heavy (non-hydrogen) atoms. The van der Waals surface area contributed by atoms with Crippen LogP contribution in [0.1, 0.15) is 11.3 Å². The van der Waals surface area contributed by atoms with Gasteiger partial charge in [-0.3, -0.25) is 9.20 Å². The number of alkyl halides is 3. The molecule has 3 aromatic rings. The third kappa shape index (κ3) is 5.82. The quantitative estimate of drug-likeness (QED) is 0.457. The number of rotatable bonds is 5. The highest BCUT2D eigenvalue weighted by Gasteiger charge is 2.30. The van der Waals surface area contributed by atoms with Crippen LogP contribution in [-0.4, -0.2) is 21.7 Å². The maximum Gasteiger partial charge on any atom is 0.573 e. The zero-order valence-electron chi connectivity index (χ0n) is 14.5. The van der Waals surface area contributed by atoms with Crippen molar-refractivity contribution in [2.45, 2.75) is 13.0 Å². The van der Waals surface area contributed by atoms with E-state index in [4.69, 9.17) is 16.3 Å². The second-order valence-corrected chi connectivity index (χ2v) is 6.16. The average Bonchev–Trinajstić information content (AvgIpc) is 2.65. The standard InChI is InChI=1S/C19H12ClF3N2O4/c20-13-4-7-16-24-14(9-17(26)25(16)10-13)11-28-18(27)8-3-12-1-5-15(6-2-12)29-19(21,22)23/h1-10H,11H2/b8-3+. The molecule has 0 amide bonds. The number of esters is 1. The fourth-order valence-electron chi connectivity index (χ4n) is 2.34. The van der Waals surface area contributed by atoms with E-state index in [1.807, 2.05) is 0 Å². The van der Waals surface area contributed by atoms with E-state index in [0.29, 0.717) is 16.2 Å². The van der Waals surface area contributed by atoms with Crippen LogP contribution in [-0.2, 0) is 16.1 Å². The molecule has 0 saturated heterocycles. The van der Waals surface area contributed by atoms with E-state index < -0.39 is 12.3 Å². The van der Waals surface area contributed by atoms with E-state index in [2.05, 4.69) is 9.72 Å². The largest absolute Gasteiger partial charge is 0.573 e. The van der Waals surface area contributed by atoms with Gasteiger partial charge in [-0.1, -0.05) is 23.7 Å². The second kappa shape index (κ2) is 8.36. The van der Waals surface area contributed by atoms with Gasteiger partial charge in [0.05, 0.1) is 10.7 Å². The minimum Gasteiger partial charge on any atom is -0.456 e. The number of hydrogen-bond acceptors (Lipinski definition) is 5. The molecule has 0 atom stereocenters. The van der Waals surface area contributed by atoms with Crippen LogP contribution in [0.4, 0.5) is 13.2 Å². The lowest BCUT2D eigenvalue weighted by atomic mass is 10.2. The van der Waals surface area contributed by atoms with Crippen molar-refractivity contribution in [3.8, 4) is 5.75 Å². The van der Waals surface area contributed by atoms with Crippen molar-refractivity contribution in [1.29, 1.82) is 0 Å². The predicted octanol–water partition coefficient (Wildman–Crippen LogP) is 4.00. The molecular weight excluding hydrogens is 413 g/mol. The van der Waals surface area contributed by atoms with Gasteiger partial charge < -0.3 is 9.47 Å². The zero-order valence-corrected chi connectivity index (χ0v) is 15.3. The summed E-state index contributed by atoms with van der Waals surface area (Å²) >= 11 is 5.83. The van der Waals surface area contributed by atoms with E-state index in [1.165, 1.54) is 34.9 Å². The SMILES string of the molecule is O=C(/C=C/c1ccc(OC(F)(F)F)cc1)OCc1cc(=O)n2cc(Cl)ccc2n1. The number of aromatic nitrogens is 2. The van der Waals surface area contributed by atoms with Crippen LogP contribution in [0.15, 0.2) is 59.5 Å². The molecule has 150 valence electrons. The van der Waals surface area contributed by atoms with E-state index in [9.17, 15) is 22.8 Å². The van der Waals surface area contributed by atoms with Crippen LogP contribution in [0, 0.1) is 0 Å². The highest BCUT2D eigenvalue weighted by Crippen LogP contribution is 2.23. The number of halogens is 4. The summed E-state index contributed by atoms with van der Waals surface area (Å²) in [6.07, 6.45) is -0.875. The third-order valence-electron chi connectivity index (χ3n) is 3.56. The smallest absolute Gasteiger partial charge is 0.456 e. The highest BCUT2D eigenvalue weighted by molar-refractivity contribution is 6.30. The Morgan fingerprint density at radius 3 is 2.59 bits per heavy atom. The molecule has 0 saturated carbocycles. The van der Waals surface area contributed by atoms with Gasteiger partial charge in [0.1, 0.15) is 18.0 Å². The molecule has 0 bridgehead atoms. The maximum absolute atomic E-state index is 12.1. The first-order chi connectivity index (χ1) is 13.7. The fraction of sp³-hybridized carbons (Fsp3) is 0.105. The Morgan fingerprint density at radius 1 is 1.17 bits per heavy atom. The summed E-state index contributed by atoms with van der Waals surface area (Å²) in [7, 11) is 0. The molecule has 2 heterocycles. The Bertz CT molecular complexity index is 1120. The molecule has 6 nitrogen and oxygen atoms in total. The van der Waals surface area contributed by atoms with Crippen molar-refractivity contribution in [1.82, 2.24) is 9.38 Å². The molecule has 0 unspecified atom stereocenters. The number of fused-ring (bicyclic) bond motifs is 1. The predicted molar refractivity (Wildman–Crippen MR) is 98.4 cm³/mol. The van der Waals surface area contributed by atoms with Gasteiger partial charge in [0.25, 0.3) is 5.56 Å². The summed E-state index contributed by atoms with van der Waals surface area (Å²) in [5.74, 6) is -1.08. The van der Waals surface area contributed by atoms with Crippen LogP contribution in [0.5, 0.6) is 5.75 Å². The molecule has 1 aromatic carbocycles. The summed E-state index contributed by atoms with van der Waals surface area (Å²) in [5.41, 5.74) is 0.702. The van der Waals surface area contributed by atoms with Gasteiger partial charge >= 0.3 is 12.3 Å². The van der Waals surface area contributed by atoms with Crippen molar-refractivity contribution in [2.24, 2.45) is 0 Å². The van der Waals surface area contributed by atoms with E-state index in [1.54, 1.807) is 12.1 Å². The molecule has 0 aliphatic heterocycles. The highest BCUT2D eigenvalue weighted by atomic mass is 35.5. The topological polar surface area (TPSA) is 69.9 Å². The van der Waals surface area contributed by atoms with Gasteiger partial charge in [-0.15, -0.1) is 13.2 Å². The first kappa shape index (κ1) is 20.4. The summed E-state index contributed by atoms with van der Waals surface area (Å²) < 4.78 is 46.4. The van der Waals surface area contributed by atoms with E-state index >= 15 is 0 Å². The average molecular weight is 425 g/mol. The summed E-state index contributed by atoms with van der Waals surface area (Å²) in [6, 6.07) is 9.30. The lowest BCUT2D eigenvalue weighted by molar-refractivity contribution is -0.274. The van der Waals surface area contributed by atoms with E-state index in [-0.39, 0.29) is 23.6 Å². The maximum atomic E-state index is 12.1. The lowest BCUT2D eigenvalue weighted by Gasteiger charge is -2.08. The number of ether oxygens (including phenoxy) is 2. The minimum atomic E-state index is -4.77. The zero-order chi connectivity index (χ0) is 21.0. The van der Waals surface area contributed by atoms with Gasteiger partial charge in [-0.05, 0) is 35.9 Å². The molecular formula is C19H12ClF3N2O4.